The minimum Gasteiger partial charge on any atom is -0.372 e. The molecule has 1 N–H and O–H groups in total. The summed E-state index contributed by atoms with van der Waals surface area (Å²) in [4.78, 5) is 14.5. The minimum absolute atomic E-state index is 0.0696. The van der Waals surface area contributed by atoms with Gasteiger partial charge in [-0.2, -0.15) is 0 Å². The van der Waals surface area contributed by atoms with Gasteiger partial charge in [-0.25, -0.2) is 0 Å². The molecule has 6 nitrogen and oxygen atoms in total. The predicted molar refractivity (Wildman–Crippen MR) is 116 cm³/mol. The van der Waals surface area contributed by atoms with Crippen LogP contribution in [0.3, 0.4) is 0 Å². The van der Waals surface area contributed by atoms with E-state index >= 15 is 0 Å². The average molecular weight is 402 g/mol. The molecule has 1 heterocycles. The third-order valence-electron chi connectivity index (χ3n) is 5.34. The van der Waals surface area contributed by atoms with E-state index in [-0.39, 0.29) is 11.9 Å². The first-order valence-electron chi connectivity index (χ1n) is 10.3. The molecular formula is C21H31N5OS. The van der Waals surface area contributed by atoms with Gasteiger partial charge in [0.15, 0.2) is 11.0 Å². The van der Waals surface area contributed by atoms with E-state index < -0.39 is 0 Å². The molecule has 7 heteroatoms. The van der Waals surface area contributed by atoms with Gasteiger partial charge in [-0.05, 0) is 70.7 Å². The Kier molecular flexibility index (Phi) is 6.99. The zero-order valence-corrected chi connectivity index (χ0v) is 18.1. The summed E-state index contributed by atoms with van der Waals surface area (Å²) in [5.41, 5.74) is 2.26. The standard InChI is InChI=1S/C21H31N5OS/c1-5-25(6-2)18-12-10-17(11-13-18)20-23-24-21(26(20)7-3)28-14-19(27)22-15(4)16-8-9-16/h10-13,15-16H,5-9,14H2,1-4H3,(H,22,27). The fourth-order valence-corrected chi connectivity index (χ4v) is 4.26. The van der Waals surface area contributed by atoms with Crippen molar-refractivity contribution in [2.45, 2.75) is 58.3 Å². The first-order chi connectivity index (χ1) is 13.6. The molecule has 0 radical (unpaired) electrons. The quantitative estimate of drug-likeness (QED) is 0.613. The molecule has 2 aromatic rings. The number of aromatic nitrogens is 3. The van der Waals surface area contributed by atoms with Gasteiger partial charge >= 0.3 is 0 Å². The van der Waals surface area contributed by atoms with Crippen LogP contribution in [0, 0.1) is 5.92 Å². The van der Waals surface area contributed by atoms with Gasteiger partial charge in [0, 0.05) is 36.9 Å². The van der Waals surface area contributed by atoms with E-state index in [1.165, 1.54) is 30.3 Å². The summed E-state index contributed by atoms with van der Waals surface area (Å²) in [5, 5.41) is 12.6. The van der Waals surface area contributed by atoms with Gasteiger partial charge in [0.2, 0.25) is 5.91 Å². The van der Waals surface area contributed by atoms with Crippen LogP contribution in [0.1, 0.15) is 40.5 Å². The second-order valence-electron chi connectivity index (χ2n) is 7.25. The van der Waals surface area contributed by atoms with Crippen molar-refractivity contribution in [1.82, 2.24) is 20.1 Å². The maximum absolute atomic E-state index is 12.2. The summed E-state index contributed by atoms with van der Waals surface area (Å²) in [6.07, 6.45) is 2.46. The average Bonchev–Trinajstić information content (AvgIpc) is 3.48. The Morgan fingerprint density at radius 2 is 1.89 bits per heavy atom. The van der Waals surface area contributed by atoms with E-state index in [0.29, 0.717) is 11.7 Å². The van der Waals surface area contributed by atoms with Crippen molar-refractivity contribution in [2.75, 3.05) is 23.7 Å². The Morgan fingerprint density at radius 3 is 2.46 bits per heavy atom. The molecule has 152 valence electrons. The van der Waals surface area contributed by atoms with Crippen LogP contribution in [0.4, 0.5) is 5.69 Å². The predicted octanol–water partition coefficient (Wildman–Crippen LogP) is 3.82. The highest BCUT2D eigenvalue weighted by Crippen LogP contribution is 2.32. The van der Waals surface area contributed by atoms with E-state index in [1.807, 2.05) is 0 Å². The van der Waals surface area contributed by atoms with Crippen molar-refractivity contribution in [1.29, 1.82) is 0 Å². The van der Waals surface area contributed by atoms with Crippen LogP contribution in [-0.2, 0) is 11.3 Å². The Labute approximate surface area is 172 Å². The molecule has 1 atom stereocenters. The van der Waals surface area contributed by atoms with Crippen LogP contribution in [0.15, 0.2) is 29.4 Å². The summed E-state index contributed by atoms with van der Waals surface area (Å²) < 4.78 is 2.08. The Hall–Kier alpha value is -2.02. The van der Waals surface area contributed by atoms with Crippen molar-refractivity contribution in [2.24, 2.45) is 5.92 Å². The maximum atomic E-state index is 12.2. The highest BCUT2D eigenvalue weighted by Gasteiger charge is 2.28. The monoisotopic (exact) mass is 401 g/mol. The van der Waals surface area contributed by atoms with Gasteiger partial charge in [0.05, 0.1) is 5.75 Å². The van der Waals surface area contributed by atoms with Crippen LogP contribution < -0.4 is 10.2 Å². The molecule has 1 aliphatic rings. The summed E-state index contributed by atoms with van der Waals surface area (Å²) in [6, 6.07) is 8.74. The molecule has 0 aliphatic heterocycles. The van der Waals surface area contributed by atoms with Crippen LogP contribution >= 0.6 is 11.8 Å². The summed E-state index contributed by atoms with van der Waals surface area (Å²) in [7, 11) is 0. The fraction of sp³-hybridized carbons (Fsp3) is 0.571. The lowest BCUT2D eigenvalue weighted by atomic mass is 10.2. The number of amides is 1. The first kappa shape index (κ1) is 20.7. The van der Waals surface area contributed by atoms with E-state index in [1.54, 1.807) is 0 Å². The first-order valence-corrected chi connectivity index (χ1v) is 11.3. The highest BCUT2D eigenvalue weighted by atomic mass is 32.2. The molecule has 1 fully saturated rings. The second-order valence-corrected chi connectivity index (χ2v) is 8.19. The van der Waals surface area contributed by atoms with Crippen molar-refractivity contribution in [3.63, 3.8) is 0 Å². The summed E-state index contributed by atoms with van der Waals surface area (Å²) in [5.74, 6) is 1.96. The fourth-order valence-electron chi connectivity index (χ4n) is 3.44. The van der Waals surface area contributed by atoms with Gasteiger partial charge < -0.3 is 14.8 Å². The van der Waals surface area contributed by atoms with E-state index in [0.717, 1.165) is 36.2 Å². The van der Waals surface area contributed by atoms with Crippen LogP contribution in [0.5, 0.6) is 0 Å². The lowest BCUT2D eigenvalue weighted by molar-refractivity contribution is -0.119. The number of rotatable bonds is 10. The molecule has 0 bridgehead atoms. The molecule has 1 aliphatic carbocycles. The minimum atomic E-state index is 0.0696. The van der Waals surface area contributed by atoms with Crippen molar-refractivity contribution < 1.29 is 4.79 Å². The topological polar surface area (TPSA) is 63.1 Å². The third kappa shape index (κ3) is 4.87. The van der Waals surface area contributed by atoms with Gasteiger partial charge in [0.25, 0.3) is 0 Å². The normalized spacial score (nSPS) is 14.7. The molecule has 1 saturated carbocycles. The molecule has 1 amide bonds. The number of carbonyl (C=O) groups excluding carboxylic acids is 1. The van der Waals surface area contributed by atoms with Crippen LogP contribution in [0.25, 0.3) is 11.4 Å². The number of carbonyl (C=O) groups is 1. The molecule has 0 saturated heterocycles. The lowest BCUT2D eigenvalue weighted by Gasteiger charge is -2.21. The van der Waals surface area contributed by atoms with Crippen LogP contribution in [-0.4, -0.2) is 45.6 Å². The molecule has 3 rings (SSSR count). The number of nitrogens with zero attached hydrogens (tertiary/aromatic N) is 4. The summed E-state index contributed by atoms with van der Waals surface area (Å²) in [6.45, 7) is 11.2. The Balaban J connectivity index is 1.66. The van der Waals surface area contributed by atoms with E-state index in [4.69, 9.17) is 0 Å². The van der Waals surface area contributed by atoms with Gasteiger partial charge in [-0.3, -0.25) is 4.79 Å². The largest absolute Gasteiger partial charge is 0.372 e. The van der Waals surface area contributed by atoms with E-state index in [9.17, 15) is 4.79 Å². The van der Waals surface area contributed by atoms with Crippen molar-refractivity contribution in [3.05, 3.63) is 24.3 Å². The van der Waals surface area contributed by atoms with E-state index in [2.05, 4.69) is 76.9 Å². The van der Waals surface area contributed by atoms with Crippen LogP contribution in [0.2, 0.25) is 0 Å². The number of thioether (sulfide) groups is 1. The Morgan fingerprint density at radius 1 is 1.21 bits per heavy atom. The molecule has 28 heavy (non-hydrogen) atoms. The SMILES string of the molecule is CCN(CC)c1ccc(-c2nnc(SCC(=O)NC(C)C3CC3)n2CC)cc1. The molecule has 1 aromatic heterocycles. The molecule has 0 spiro atoms. The molecule has 1 aromatic carbocycles. The Bertz CT molecular complexity index is 781. The third-order valence-corrected chi connectivity index (χ3v) is 6.30. The lowest BCUT2D eigenvalue weighted by Crippen LogP contribution is -2.35. The van der Waals surface area contributed by atoms with Crippen molar-refractivity contribution >= 4 is 23.4 Å². The van der Waals surface area contributed by atoms with Gasteiger partial charge in [0.1, 0.15) is 0 Å². The number of nitrogens with one attached hydrogen (secondary N) is 1. The second kappa shape index (κ2) is 9.45. The summed E-state index contributed by atoms with van der Waals surface area (Å²) >= 11 is 1.45. The maximum Gasteiger partial charge on any atom is 0.230 e. The zero-order valence-electron chi connectivity index (χ0n) is 17.3. The molecule has 1 unspecified atom stereocenters. The van der Waals surface area contributed by atoms with Crippen molar-refractivity contribution in [3.8, 4) is 11.4 Å². The number of anilines is 1. The zero-order chi connectivity index (χ0) is 20.1. The number of hydrogen-bond donors (Lipinski definition) is 1. The molecular weight excluding hydrogens is 370 g/mol. The van der Waals surface area contributed by atoms with Gasteiger partial charge in [-0.1, -0.05) is 11.8 Å². The number of benzene rings is 1. The number of hydrogen-bond acceptors (Lipinski definition) is 5. The highest BCUT2D eigenvalue weighted by molar-refractivity contribution is 7.99. The van der Waals surface area contributed by atoms with Gasteiger partial charge in [-0.15, -0.1) is 10.2 Å². The smallest absolute Gasteiger partial charge is 0.230 e.